The van der Waals surface area contributed by atoms with Gasteiger partial charge < -0.3 is 4.90 Å². The van der Waals surface area contributed by atoms with Crippen molar-refractivity contribution in [3.05, 3.63) is 63.7 Å². The molecule has 1 aromatic heterocycles. The lowest BCUT2D eigenvalue weighted by atomic mass is 10.1. The molecule has 7 nitrogen and oxygen atoms in total. The molecule has 0 aliphatic rings. The number of carbonyl (C=O) groups excluding carboxylic acids is 1. The molecule has 0 fully saturated rings. The Bertz CT molecular complexity index is 1020. The number of non-ortho nitro benzene ring substituents is 1. The van der Waals surface area contributed by atoms with Crippen molar-refractivity contribution in [2.45, 2.75) is 13.3 Å². The van der Waals surface area contributed by atoms with Gasteiger partial charge in [0.1, 0.15) is 0 Å². The molecule has 3 aromatic rings. The third-order valence-corrected chi connectivity index (χ3v) is 5.49. The van der Waals surface area contributed by atoms with E-state index >= 15 is 0 Å². The number of nitro groups is 1. The average Bonchev–Trinajstić information content (AvgIpc) is 3.10. The molecule has 0 aliphatic carbocycles. The lowest BCUT2D eigenvalue weighted by Crippen LogP contribution is -3.05. The minimum atomic E-state index is -0.489. The number of nitrogens with zero attached hydrogens (tertiary/aromatic N) is 3. The predicted molar refractivity (Wildman–Crippen MR) is 111 cm³/mol. The molecule has 1 amide bonds. The molecule has 0 saturated carbocycles. The summed E-state index contributed by atoms with van der Waals surface area (Å²) in [6, 6.07) is 11.8. The molecule has 8 heteroatoms. The van der Waals surface area contributed by atoms with E-state index in [1.807, 2.05) is 25.1 Å². The number of nitrogens with one attached hydrogen (secondary N) is 1. The summed E-state index contributed by atoms with van der Waals surface area (Å²) < 4.78 is 1.02. The number of amides is 1. The van der Waals surface area contributed by atoms with Crippen LogP contribution in [-0.4, -0.2) is 43.0 Å². The fourth-order valence-corrected chi connectivity index (χ4v) is 4.04. The first-order valence-electron chi connectivity index (χ1n) is 9.08. The summed E-state index contributed by atoms with van der Waals surface area (Å²) >= 11 is 1.47. The zero-order chi connectivity index (χ0) is 20.3. The molecular weight excluding hydrogens is 376 g/mol. The van der Waals surface area contributed by atoms with Crippen LogP contribution in [0.2, 0.25) is 0 Å². The molecule has 1 heterocycles. The summed E-state index contributed by atoms with van der Waals surface area (Å²) in [5, 5.41) is 11.7. The number of fused-ring (bicyclic) bond motifs is 1. The van der Waals surface area contributed by atoms with Gasteiger partial charge in [-0.15, -0.1) is 0 Å². The SMILES string of the molecule is Cc1cccc2sc(N(CCC[NH+](C)C)C(=O)c3cccc([N+](=O)[O-])c3)nc12. The predicted octanol–water partition coefficient (Wildman–Crippen LogP) is 2.69. The fourth-order valence-electron chi connectivity index (χ4n) is 2.97. The van der Waals surface area contributed by atoms with Crippen molar-refractivity contribution < 1.29 is 14.6 Å². The van der Waals surface area contributed by atoms with Gasteiger partial charge in [0.2, 0.25) is 0 Å². The summed E-state index contributed by atoms with van der Waals surface area (Å²) in [6.45, 7) is 3.40. The zero-order valence-corrected chi connectivity index (χ0v) is 17.0. The molecular formula is C20H23N4O3S+. The highest BCUT2D eigenvalue weighted by Gasteiger charge is 2.23. The first-order chi connectivity index (χ1) is 13.4. The lowest BCUT2D eigenvalue weighted by Gasteiger charge is -2.20. The van der Waals surface area contributed by atoms with Crippen LogP contribution in [-0.2, 0) is 0 Å². The van der Waals surface area contributed by atoms with Gasteiger partial charge in [-0.3, -0.25) is 19.8 Å². The molecule has 0 saturated heterocycles. The Morgan fingerprint density at radius 2 is 2.00 bits per heavy atom. The molecule has 0 aliphatic heterocycles. The van der Waals surface area contributed by atoms with Crippen LogP contribution in [0.25, 0.3) is 10.2 Å². The highest BCUT2D eigenvalue weighted by Crippen LogP contribution is 2.31. The van der Waals surface area contributed by atoms with E-state index in [9.17, 15) is 14.9 Å². The van der Waals surface area contributed by atoms with Gasteiger partial charge in [-0.25, -0.2) is 4.98 Å². The van der Waals surface area contributed by atoms with E-state index in [-0.39, 0.29) is 11.6 Å². The number of nitro benzene ring substituents is 1. The van der Waals surface area contributed by atoms with Gasteiger partial charge in [-0.2, -0.15) is 0 Å². The van der Waals surface area contributed by atoms with Crippen LogP contribution in [0.1, 0.15) is 22.3 Å². The number of anilines is 1. The summed E-state index contributed by atoms with van der Waals surface area (Å²) in [5.74, 6) is -0.269. The summed E-state index contributed by atoms with van der Waals surface area (Å²) in [6.07, 6.45) is 0.803. The molecule has 2 aromatic carbocycles. The number of hydrogen-bond acceptors (Lipinski definition) is 5. The Balaban J connectivity index is 1.97. The average molecular weight is 399 g/mol. The van der Waals surface area contributed by atoms with Gasteiger partial charge in [0.25, 0.3) is 11.6 Å². The quantitative estimate of drug-likeness (QED) is 0.489. The topological polar surface area (TPSA) is 80.8 Å². The van der Waals surface area contributed by atoms with E-state index in [1.54, 1.807) is 11.0 Å². The number of para-hydroxylation sites is 1. The number of rotatable bonds is 7. The minimum absolute atomic E-state index is 0.0938. The number of aryl methyl sites for hydroxylation is 1. The molecule has 1 N–H and O–H groups in total. The largest absolute Gasteiger partial charge is 0.340 e. The van der Waals surface area contributed by atoms with Crippen molar-refractivity contribution in [1.82, 2.24) is 4.98 Å². The lowest BCUT2D eigenvalue weighted by molar-refractivity contribution is -0.858. The van der Waals surface area contributed by atoms with Crippen molar-refractivity contribution in [2.75, 3.05) is 32.1 Å². The van der Waals surface area contributed by atoms with Gasteiger partial charge in [0, 0.05) is 30.7 Å². The highest BCUT2D eigenvalue weighted by atomic mass is 32.1. The second-order valence-electron chi connectivity index (χ2n) is 6.99. The maximum Gasteiger partial charge on any atom is 0.270 e. The summed E-state index contributed by atoms with van der Waals surface area (Å²) in [5.41, 5.74) is 2.14. The molecule has 0 radical (unpaired) electrons. The molecule has 0 unspecified atom stereocenters. The monoisotopic (exact) mass is 399 g/mol. The van der Waals surface area contributed by atoms with Crippen molar-refractivity contribution >= 4 is 38.3 Å². The zero-order valence-electron chi connectivity index (χ0n) is 16.1. The number of benzene rings is 2. The first-order valence-corrected chi connectivity index (χ1v) is 9.90. The van der Waals surface area contributed by atoms with Crippen LogP contribution >= 0.6 is 11.3 Å². The van der Waals surface area contributed by atoms with E-state index in [2.05, 4.69) is 14.1 Å². The van der Waals surface area contributed by atoms with E-state index in [1.165, 1.54) is 34.4 Å². The number of quaternary nitrogens is 1. The van der Waals surface area contributed by atoms with Gasteiger partial charge >= 0.3 is 0 Å². The Morgan fingerprint density at radius 1 is 1.25 bits per heavy atom. The van der Waals surface area contributed by atoms with Crippen LogP contribution in [0.4, 0.5) is 10.8 Å². The van der Waals surface area contributed by atoms with Crippen LogP contribution < -0.4 is 9.80 Å². The second-order valence-corrected chi connectivity index (χ2v) is 8.00. The molecule has 28 heavy (non-hydrogen) atoms. The molecule has 0 spiro atoms. The maximum absolute atomic E-state index is 13.2. The summed E-state index contributed by atoms with van der Waals surface area (Å²) in [4.78, 5) is 31.5. The Labute approximate surface area is 167 Å². The molecule has 0 bridgehead atoms. The molecule has 0 atom stereocenters. The smallest absolute Gasteiger partial charge is 0.270 e. The van der Waals surface area contributed by atoms with Gasteiger partial charge in [0.15, 0.2) is 5.13 Å². The first kappa shape index (κ1) is 19.9. The van der Waals surface area contributed by atoms with Crippen molar-refractivity contribution in [1.29, 1.82) is 0 Å². The standard InChI is InChI=1S/C20H22N4O3S/c1-14-7-4-10-17-18(14)21-20(28-17)23(12-6-11-22(2)3)19(25)15-8-5-9-16(13-15)24(26)27/h4-5,7-10,13H,6,11-12H2,1-3H3/p+1. The molecule has 146 valence electrons. The highest BCUT2D eigenvalue weighted by molar-refractivity contribution is 7.22. The van der Waals surface area contributed by atoms with Gasteiger partial charge in [-0.1, -0.05) is 29.5 Å². The minimum Gasteiger partial charge on any atom is -0.340 e. The number of thiazole rings is 1. The number of hydrogen-bond donors (Lipinski definition) is 1. The van der Waals surface area contributed by atoms with E-state index in [0.717, 1.165) is 28.7 Å². The van der Waals surface area contributed by atoms with Crippen molar-refractivity contribution in [2.24, 2.45) is 0 Å². The van der Waals surface area contributed by atoms with Crippen LogP contribution in [0, 0.1) is 17.0 Å². The fraction of sp³-hybridized carbons (Fsp3) is 0.300. The molecule has 3 rings (SSSR count). The van der Waals surface area contributed by atoms with Crippen molar-refractivity contribution in [3.8, 4) is 0 Å². The van der Waals surface area contributed by atoms with E-state index < -0.39 is 4.92 Å². The van der Waals surface area contributed by atoms with Crippen LogP contribution in [0.5, 0.6) is 0 Å². The summed E-state index contributed by atoms with van der Waals surface area (Å²) in [7, 11) is 4.13. The van der Waals surface area contributed by atoms with Crippen LogP contribution in [0.3, 0.4) is 0 Å². The van der Waals surface area contributed by atoms with E-state index in [0.29, 0.717) is 17.2 Å². The van der Waals surface area contributed by atoms with Gasteiger partial charge in [0.05, 0.1) is 35.8 Å². The Morgan fingerprint density at radius 3 is 2.68 bits per heavy atom. The van der Waals surface area contributed by atoms with E-state index in [4.69, 9.17) is 4.98 Å². The normalized spacial score (nSPS) is 11.1. The van der Waals surface area contributed by atoms with Gasteiger partial charge in [-0.05, 0) is 24.6 Å². The third-order valence-electron chi connectivity index (χ3n) is 4.45. The third kappa shape index (κ3) is 4.35. The van der Waals surface area contributed by atoms with Crippen molar-refractivity contribution in [3.63, 3.8) is 0 Å². The number of carbonyl (C=O) groups is 1. The van der Waals surface area contributed by atoms with Crippen LogP contribution in [0.15, 0.2) is 42.5 Å². The second kappa shape index (κ2) is 8.45. The maximum atomic E-state index is 13.2. The Hall–Kier alpha value is -2.84. The Kier molecular flexibility index (Phi) is 6.01. The number of aromatic nitrogens is 1.